The zero-order valence-electron chi connectivity index (χ0n) is 11.6. The lowest BCUT2D eigenvalue weighted by molar-refractivity contribution is -0.143. The number of carbonyl (C=O) groups excluding carboxylic acids is 1. The van der Waals surface area contributed by atoms with Gasteiger partial charge in [-0.3, -0.25) is 4.79 Å². The van der Waals surface area contributed by atoms with Crippen LogP contribution in [0.25, 0.3) is 0 Å². The average Bonchev–Trinajstić information content (AvgIpc) is 3.17. The van der Waals surface area contributed by atoms with Gasteiger partial charge in [-0.25, -0.2) is 4.99 Å². The van der Waals surface area contributed by atoms with Gasteiger partial charge in [-0.1, -0.05) is 30.3 Å². The summed E-state index contributed by atoms with van der Waals surface area (Å²) in [7, 11) is 1.36. The van der Waals surface area contributed by atoms with Crippen molar-refractivity contribution in [1.82, 2.24) is 0 Å². The molecule has 21 heavy (non-hydrogen) atoms. The summed E-state index contributed by atoms with van der Waals surface area (Å²) in [4.78, 5) is 16.1. The van der Waals surface area contributed by atoms with Gasteiger partial charge in [0.25, 0.3) is 0 Å². The van der Waals surface area contributed by atoms with Gasteiger partial charge in [0.15, 0.2) is 5.76 Å². The molecule has 1 aromatic carbocycles. The van der Waals surface area contributed by atoms with Gasteiger partial charge in [-0.05, 0) is 17.7 Å². The molecule has 0 radical (unpaired) electrons. The second-order valence-corrected chi connectivity index (χ2v) is 4.65. The number of furan rings is 1. The van der Waals surface area contributed by atoms with Gasteiger partial charge in [0.1, 0.15) is 6.10 Å². The largest absolute Gasteiger partial charge is 0.469 e. The van der Waals surface area contributed by atoms with Crippen molar-refractivity contribution in [3.8, 4) is 0 Å². The van der Waals surface area contributed by atoms with E-state index in [1.807, 2.05) is 30.3 Å². The Morgan fingerprint density at radius 3 is 2.71 bits per heavy atom. The fraction of sp³-hybridized carbons (Fsp3) is 0.250. The molecule has 108 valence electrons. The minimum absolute atomic E-state index is 0.126. The summed E-state index contributed by atoms with van der Waals surface area (Å²) in [6.45, 7) is 0. The maximum atomic E-state index is 11.6. The third-order valence-corrected chi connectivity index (χ3v) is 3.29. The van der Waals surface area contributed by atoms with Gasteiger partial charge >= 0.3 is 5.97 Å². The van der Waals surface area contributed by atoms with E-state index in [-0.39, 0.29) is 12.4 Å². The first-order chi connectivity index (χ1) is 10.3. The van der Waals surface area contributed by atoms with E-state index in [0.717, 1.165) is 11.3 Å². The molecule has 0 spiro atoms. The SMILES string of the molecule is COC(=O)C[C@@H]1O[C@@H](c2ccco2)N=C1c1ccccc1. The van der Waals surface area contributed by atoms with Crippen LogP contribution in [0.1, 0.15) is 24.0 Å². The molecule has 0 amide bonds. The second kappa shape index (κ2) is 5.93. The molecular weight excluding hydrogens is 270 g/mol. The van der Waals surface area contributed by atoms with Crippen LogP contribution in [0.4, 0.5) is 0 Å². The van der Waals surface area contributed by atoms with Crippen LogP contribution in [0.15, 0.2) is 58.1 Å². The molecule has 3 rings (SSSR count). The fourth-order valence-corrected chi connectivity index (χ4v) is 2.27. The lowest BCUT2D eigenvalue weighted by Gasteiger charge is -2.12. The molecule has 0 aliphatic carbocycles. The van der Waals surface area contributed by atoms with Gasteiger partial charge in [-0.2, -0.15) is 0 Å². The molecule has 0 saturated heterocycles. The molecule has 2 aromatic rings. The lowest BCUT2D eigenvalue weighted by Crippen LogP contribution is -2.24. The Labute approximate surface area is 122 Å². The Bertz CT molecular complexity index is 634. The van der Waals surface area contributed by atoms with E-state index in [9.17, 15) is 4.79 Å². The molecule has 1 aliphatic heterocycles. The van der Waals surface area contributed by atoms with Crippen LogP contribution < -0.4 is 0 Å². The van der Waals surface area contributed by atoms with Crippen molar-refractivity contribution in [2.24, 2.45) is 4.99 Å². The van der Waals surface area contributed by atoms with Crippen LogP contribution in [0.3, 0.4) is 0 Å². The molecule has 0 saturated carbocycles. The highest BCUT2D eigenvalue weighted by molar-refractivity contribution is 6.06. The van der Waals surface area contributed by atoms with Crippen LogP contribution in [-0.4, -0.2) is 24.9 Å². The third kappa shape index (κ3) is 2.87. The predicted octanol–water partition coefficient (Wildman–Crippen LogP) is 2.73. The van der Waals surface area contributed by atoms with Crippen molar-refractivity contribution in [2.75, 3.05) is 7.11 Å². The number of hydrogen-bond donors (Lipinski definition) is 0. The number of rotatable bonds is 4. The molecule has 1 aromatic heterocycles. The Kier molecular flexibility index (Phi) is 3.83. The second-order valence-electron chi connectivity index (χ2n) is 4.65. The van der Waals surface area contributed by atoms with E-state index in [0.29, 0.717) is 5.76 Å². The van der Waals surface area contributed by atoms with Crippen LogP contribution >= 0.6 is 0 Å². The third-order valence-electron chi connectivity index (χ3n) is 3.29. The van der Waals surface area contributed by atoms with E-state index in [1.54, 1.807) is 18.4 Å². The number of esters is 1. The predicted molar refractivity (Wildman–Crippen MR) is 75.9 cm³/mol. The molecule has 0 fully saturated rings. The van der Waals surface area contributed by atoms with Crippen molar-refractivity contribution in [3.63, 3.8) is 0 Å². The summed E-state index contributed by atoms with van der Waals surface area (Å²) in [5.74, 6) is 0.291. The maximum Gasteiger partial charge on any atom is 0.308 e. The number of aliphatic imine (C=N–C) groups is 1. The summed E-state index contributed by atoms with van der Waals surface area (Å²) < 4.78 is 15.9. The molecule has 0 bridgehead atoms. The quantitative estimate of drug-likeness (QED) is 0.810. The standard InChI is InChI=1S/C16H15NO4/c1-19-14(18)10-13-15(11-6-3-2-4-7-11)17-16(21-13)12-8-5-9-20-12/h2-9,13,16H,10H2,1H3/t13-,16-/m0/s1. The minimum atomic E-state index is -0.523. The van der Waals surface area contributed by atoms with E-state index < -0.39 is 12.3 Å². The number of methoxy groups -OCH3 is 1. The van der Waals surface area contributed by atoms with Gasteiger partial charge in [0.2, 0.25) is 6.23 Å². The summed E-state index contributed by atoms with van der Waals surface area (Å²) in [6, 6.07) is 13.2. The van der Waals surface area contributed by atoms with Crippen molar-refractivity contribution in [1.29, 1.82) is 0 Å². The summed E-state index contributed by atoms with van der Waals surface area (Å²) in [6.07, 6.45) is 0.741. The Hall–Kier alpha value is -2.40. The normalized spacial score (nSPS) is 21.1. The lowest BCUT2D eigenvalue weighted by atomic mass is 10.0. The van der Waals surface area contributed by atoms with Gasteiger partial charge in [-0.15, -0.1) is 0 Å². The first kappa shape index (κ1) is 13.6. The van der Waals surface area contributed by atoms with E-state index in [1.165, 1.54) is 7.11 Å². The number of ether oxygens (including phenoxy) is 2. The molecule has 0 unspecified atom stereocenters. The highest BCUT2D eigenvalue weighted by Gasteiger charge is 2.33. The molecule has 0 N–H and O–H groups in total. The molecule has 1 aliphatic rings. The van der Waals surface area contributed by atoms with Crippen molar-refractivity contribution >= 4 is 11.7 Å². The van der Waals surface area contributed by atoms with Crippen LogP contribution in [0, 0.1) is 0 Å². The highest BCUT2D eigenvalue weighted by Crippen LogP contribution is 2.31. The smallest absolute Gasteiger partial charge is 0.308 e. The maximum absolute atomic E-state index is 11.6. The van der Waals surface area contributed by atoms with Gasteiger partial charge in [0.05, 0.1) is 25.5 Å². The number of hydrogen-bond acceptors (Lipinski definition) is 5. The number of benzene rings is 1. The van der Waals surface area contributed by atoms with E-state index >= 15 is 0 Å². The molecule has 5 nitrogen and oxygen atoms in total. The fourth-order valence-electron chi connectivity index (χ4n) is 2.27. The molecule has 5 heteroatoms. The number of carbonyl (C=O) groups is 1. The zero-order valence-corrected chi connectivity index (χ0v) is 11.6. The minimum Gasteiger partial charge on any atom is -0.469 e. The zero-order chi connectivity index (χ0) is 14.7. The van der Waals surface area contributed by atoms with Gasteiger partial charge < -0.3 is 13.9 Å². The summed E-state index contributed by atoms with van der Waals surface area (Å²) >= 11 is 0. The molecular formula is C16H15NO4. The number of nitrogens with zero attached hydrogens (tertiary/aromatic N) is 1. The van der Waals surface area contributed by atoms with Crippen LogP contribution in [-0.2, 0) is 14.3 Å². The Morgan fingerprint density at radius 2 is 2.05 bits per heavy atom. The Morgan fingerprint density at radius 1 is 1.24 bits per heavy atom. The van der Waals surface area contributed by atoms with Crippen LogP contribution in [0.2, 0.25) is 0 Å². The summed E-state index contributed by atoms with van der Waals surface area (Å²) in [5, 5.41) is 0. The van der Waals surface area contributed by atoms with Crippen molar-refractivity contribution in [3.05, 3.63) is 60.1 Å². The van der Waals surface area contributed by atoms with Gasteiger partial charge in [0, 0.05) is 0 Å². The topological polar surface area (TPSA) is 61.0 Å². The average molecular weight is 285 g/mol. The Balaban J connectivity index is 1.90. The molecule has 2 atom stereocenters. The van der Waals surface area contributed by atoms with E-state index in [2.05, 4.69) is 4.99 Å². The van der Waals surface area contributed by atoms with Crippen molar-refractivity contribution < 1.29 is 18.7 Å². The highest BCUT2D eigenvalue weighted by atomic mass is 16.5. The monoisotopic (exact) mass is 285 g/mol. The first-order valence-electron chi connectivity index (χ1n) is 6.66. The summed E-state index contributed by atoms with van der Waals surface area (Å²) in [5.41, 5.74) is 1.67. The molecule has 2 heterocycles. The van der Waals surface area contributed by atoms with Crippen LogP contribution in [0.5, 0.6) is 0 Å². The van der Waals surface area contributed by atoms with E-state index in [4.69, 9.17) is 13.9 Å². The first-order valence-corrected chi connectivity index (χ1v) is 6.66. The van der Waals surface area contributed by atoms with Crippen molar-refractivity contribution in [2.45, 2.75) is 18.8 Å².